The molecule has 0 amide bonds. The molecule has 2 nitrogen and oxygen atoms in total. The number of hydrogen-bond donors (Lipinski definition) is 2. The van der Waals surface area contributed by atoms with Crippen LogP contribution in [-0.2, 0) is 13.0 Å². The predicted octanol–water partition coefficient (Wildman–Crippen LogP) is 2.50. The first kappa shape index (κ1) is 11.4. The molecule has 2 aliphatic rings. The molecular formula is C14H20N2S. The number of benzene rings is 1. The largest absolute Gasteiger partial charge is 0.384 e. The Morgan fingerprint density at radius 3 is 3.29 bits per heavy atom. The van der Waals surface area contributed by atoms with Gasteiger partial charge in [-0.1, -0.05) is 18.2 Å². The van der Waals surface area contributed by atoms with Crippen molar-refractivity contribution in [3.8, 4) is 0 Å². The van der Waals surface area contributed by atoms with Gasteiger partial charge in [-0.25, -0.2) is 0 Å². The third kappa shape index (κ3) is 2.61. The van der Waals surface area contributed by atoms with Crippen LogP contribution in [0.2, 0.25) is 0 Å². The zero-order chi connectivity index (χ0) is 11.5. The van der Waals surface area contributed by atoms with Gasteiger partial charge in [0.05, 0.1) is 0 Å². The second kappa shape index (κ2) is 5.32. The van der Waals surface area contributed by atoms with Gasteiger partial charge >= 0.3 is 0 Å². The lowest BCUT2D eigenvalue weighted by atomic mass is 10.1. The molecule has 1 unspecified atom stereocenters. The van der Waals surface area contributed by atoms with E-state index in [1.165, 1.54) is 47.7 Å². The molecule has 2 N–H and O–H groups in total. The number of thioether (sulfide) groups is 1. The van der Waals surface area contributed by atoms with E-state index in [0.717, 1.165) is 19.0 Å². The van der Waals surface area contributed by atoms with Crippen molar-refractivity contribution in [2.75, 3.05) is 29.9 Å². The zero-order valence-corrected chi connectivity index (χ0v) is 11.0. The molecule has 0 aromatic heterocycles. The smallest absolute Gasteiger partial charge is 0.0419 e. The van der Waals surface area contributed by atoms with E-state index >= 15 is 0 Å². The number of anilines is 1. The zero-order valence-electron chi connectivity index (χ0n) is 10.2. The van der Waals surface area contributed by atoms with Gasteiger partial charge in [0.2, 0.25) is 0 Å². The van der Waals surface area contributed by atoms with Gasteiger partial charge in [-0.2, -0.15) is 11.8 Å². The maximum atomic E-state index is 3.62. The molecule has 0 aliphatic carbocycles. The van der Waals surface area contributed by atoms with Gasteiger partial charge in [0.25, 0.3) is 0 Å². The summed E-state index contributed by atoms with van der Waals surface area (Å²) in [7, 11) is 0. The Bertz CT molecular complexity index is 386. The highest BCUT2D eigenvalue weighted by Gasteiger charge is 2.16. The van der Waals surface area contributed by atoms with Crippen molar-refractivity contribution in [2.45, 2.75) is 19.4 Å². The summed E-state index contributed by atoms with van der Waals surface area (Å²) >= 11 is 2.10. The minimum absolute atomic E-state index is 0.893. The molecule has 17 heavy (non-hydrogen) atoms. The van der Waals surface area contributed by atoms with E-state index in [1.807, 2.05) is 0 Å². The highest BCUT2D eigenvalue weighted by Crippen LogP contribution is 2.26. The Morgan fingerprint density at radius 2 is 2.41 bits per heavy atom. The third-order valence-electron chi connectivity index (χ3n) is 3.71. The Morgan fingerprint density at radius 1 is 1.41 bits per heavy atom. The van der Waals surface area contributed by atoms with E-state index in [-0.39, 0.29) is 0 Å². The molecule has 3 heteroatoms. The molecule has 1 saturated heterocycles. The number of fused-ring (bicyclic) bond motifs is 1. The van der Waals surface area contributed by atoms with E-state index in [4.69, 9.17) is 0 Å². The monoisotopic (exact) mass is 248 g/mol. The summed E-state index contributed by atoms with van der Waals surface area (Å²) < 4.78 is 0. The summed E-state index contributed by atoms with van der Waals surface area (Å²) in [6, 6.07) is 6.67. The molecule has 1 fully saturated rings. The number of hydrogen-bond acceptors (Lipinski definition) is 3. The second-order valence-corrected chi connectivity index (χ2v) is 6.14. The molecule has 0 saturated carbocycles. The van der Waals surface area contributed by atoms with Crippen LogP contribution in [0.3, 0.4) is 0 Å². The molecular weight excluding hydrogens is 228 g/mol. The minimum atomic E-state index is 0.893. The summed E-state index contributed by atoms with van der Waals surface area (Å²) in [5.41, 5.74) is 4.31. The van der Waals surface area contributed by atoms with E-state index < -0.39 is 0 Å². The van der Waals surface area contributed by atoms with Crippen LogP contribution >= 0.6 is 11.8 Å². The highest BCUT2D eigenvalue weighted by atomic mass is 32.2. The van der Waals surface area contributed by atoms with Crippen molar-refractivity contribution in [1.82, 2.24) is 5.32 Å². The lowest BCUT2D eigenvalue weighted by Crippen LogP contribution is -2.22. The first-order chi connectivity index (χ1) is 8.43. The van der Waals surface area contributed by atoms with E-state index in [9.17, 15) is 0 Å². The lowest BCUT2D eigenvalue weighted by Gasteiger charge is -2.12. The first-order valence-electron chi connectivity index (χ1n) is 6.56. The Balaban J connectivity index is 1.56. The van der Waals surface area contributed by atoms with Crippen molar-refractivity contribution < 1.29 is 0 Å². The van der Waals surface area contributed by atoms with Crippen LogP contribution in [0, 0.1) is 5.92 Å². The van der Waals surface area contributed by atoms with Gasteiger partial charge in [-0.3, -0.25) is 0 Å². The topological polar surface area (TPSA) is 24.1 Å². The van der Waals surface area contributed by atoms with Gasteiger partial charge in [0.15, 0.2) is 0 Å². The van der Waals surface area contributed by atoms with Crippen LogP contribution < -0.4 is 10.6 Å². The van der Waals surface area contributed by atoms with E-state index in [0.29, 0.717) is 0 Å². The van der Waals surface area contributed by atoms with Crippen LogP contribution in [0.4, 0.5) is 5.69 Å². The Labute approximate surface area is 108 Å². The molecule has 3 rings (SSSR count). The first-order valence-corrected chi connectivity index (χ1v) is 7.72. The van der Waals surface area contributed by atoms with Gasteiger partial charge in [-0.05, 0) is 47.9 Å². The fourth-order valence-corrected chi connectivity index (χ4v) is 4.00. The summed E-state index contributed by atoms with van der Waals surface area (Å²) in [5, 5.41) is 7.12. The normalized spacial score (nSPS) is 22.5. The van der Waals surface area contributed by atoms with Crippen molar-refractivity contribution in [2.24, 2.45) is 5.92 Å². The van der Waals surface area contributed by atoms with Crippen molar-refractivity contribution in [3.05, 3.63) is 29.3 Å². The van der Waals surface area contributed by atoms with Gasteiger partial charge in [0, 0.05) is 18.8 Å². The summed E-state index contributed by atoms with van der Waals surface area (Å²) in [4.78, 5) is 0. The summed E-state index contributed by atoms with van der Waals surface area (Å²) in [5.74, 6) is 3.59. The fraction of sp³-hybridized carbons (Fsp3) is 0.571. The van der Waals surface area contributed by atoms with Crippen molar-refractivity contribution in [1.29, 1.82) is 0 Å². The molecule has 1 aromatic carbocycles. The Kier molecular flexibility index (Phi) is 3.57. The SMILES string of the molecule is c1cc2c(c(CNCC3CCSC3)c1)NCC2. The summed E-state index contributed by atoms with van der Waals surface area (Å²) in [6.07, 6.45) is 2.57. The van der Waals surface area contributed by atoms with Crippen LogP contribution in [0.25, 0.3) is 0 Å². The van der Waals surface area contributed by atoms with Crippen molar-refractivity contribution >= 4 is 17.4 Å². The maximum absolute atomic E-state index is 3.62. The van der Waals surface area contributed by atoms with Crippen molar-refractivity contribution in [3.63, 3.8) is 0 Å². The van der Waals surface area contributed by atoms with Crippen LogP contribution in [0.15, 0.2) is 18.2 Å². The van der Waals surface area contributed by atoms with Crippen LogP contribution in [0.1, 0.15) is 17.5 Å². The van der Waals surface area contributed by atoms with Gasteiger partial charge in [0.1, 0.15) is 0 Å². The number of nitrogens with one attached hydrogen (secondary N) is 2. The molecule has 1 aromatic rings. The third-order valence-corrected chi connectivity index (χ3v) is 4.94. The molecule has 2 aliphatic heterocycles. The van der Waals surface area contributed by atoms with Crippen LogP contribution in [-0.4, -0.2) is 24.6 Å². The quantitative estimate of drug-likeness (QED) is 0.856. The van der Waals surface area contributed by atoms with E-state index in [2.05, 4.69) is 40.6 Å². The molecule has 92 valence electrons. The second-order valence-electron chi connectivity index (χ2n) is 4.99. The van der Waals surface area contributed by atoms with Gasteiger partial charge < -0.3 is 10.6 Å². The minimum Gasteiger partial charge on any atom is -0.384 e. The van der Waals surface area contributed by atoms with E-state index in [1.54, 1.807) is 0 Å². The molecule has 0 spiro atoms. The highest BCUT2D eigenvalue weighted by molar-refractivity contribution is 7.99. The van der Waals surface area contributed by atoms with Crippen LogP contribution in [0.5, 0.6) is 0 Å². The lowest BCUT2D eigenvalue weighted by molar-refractivity contribution is 0.523. The molecule has 2 heterocycles. The number of para-hydroxylation sites is 1. The standard InChI is InChI=1S/C14H20N2S/c1-2-12-4-6-16-14(12)13(3-1)9-15-8-11-5-7-17-10-11/h1-3,11,15-16H,4-10H2. The molecule has 0 bridgehead atoms. The maximum Gasteiger partial charge on any atom is 0.0419 e. The average molecular weight is 248 g/mol. The molecule has 0 radical (unpaired) electrons. The predicted molar refractivity (Wildman–Crippen MR) is 75.8 cm³/mol. The van der Waals surface area contributed by atoms with Gasteiger partial charge in [-0.15, -0.1) is 0 Å². The Hall–Kier alpha value is -0.670. The molecule has 1 atom stereocenters. The average Bonchev–Trinajstić information content (AvgIpc) is 2.99. The fourth-order valence-electron chi connectivity index (χ4n) is 2.71. The summed E-state index contributed by atoms with van der Waals surface area (Å²) in [6.45, 7) is 3.29. The number of rotatable bonds is 4.